The van der Waals surface area contributed by atoms with Crippen LogP contribution in [0.1, 0.15) is 66.4 Å². The van der Waals surface area contributed by atoms with Gasteiger partial charge >= 0.3 is 11.9 Å². The minimum Gasteiger partial charge on any atom is -0.478 e. The third kappa shape index (κ3) is 11.8. The van der Waals surface area contributed by atoms with Crippen molar-refractivity contribution < 1.29 is 19.8 Å². The maximum atomic E-state index is 10.9. The van der Waals surface area contributed by atoms with Crippen LogP contribution in [0, 0.1) is 20.8 Å². The van der Waals surface area contributed by atoms with E-state index in [1.165, 1.54) is 38.6 Å². The third-order valence-corrected chi connectivity index (χ3v) is 11.6. The van der Waals surface area contributed by atoms with E-state index in [0.717, 1.165) is 60.6 Å². The van der Waals surface area contributed by atoms with Gasteiger partial charge in [0.15, 0.2) is 23.3 Å². The number of hydrogen-bond acceptors (Lipinski definition) is 14. The Labute approximate surface area is 398 Å². The van der Waals surface area contributed by atoms with Crippen molar-refractivity contribution in [2.45, 2.75) is 72.5 Å². The molecular weight excluding hydrogens is 895 g/mol. The van der Waals surface area contributed by atoms with Gasteiger partial charge in [-0.2, -0.15) is 20.9 Å². The molecule has 0 bridgehead atoms. The molecule has 11 rings (SSSR count). The molecule has 0 spiro atoms. The molecule has 0 saturated heterocycles. The zero-order valence-electron chi connectivity index (χ0n) is 38.5. The summed E-state index contributed by atoms with van der Waals surface area (Å²) in [5.74, 6) is 0.956. The highest BCUT2D eigenvalue weighted by atomic mass is 16.4. The summed E-state index contributed by atoms with van der Waals surface area (Å²) < 4.78 is 6.60. The number of hydrogen-bond donors (Lipinski definition) is 6. The standard InChI is InChI=1S/C13H15N5.C12H11N5O2.C12H13N5.C10H10N4O2/c1-9-10(2)18(8-7-13-14-16-17-15-13)12-6-4-3-5-11(9)12;18-12(19)9-1-2-10-8(7-9)3-5-17(10)6-4-11-13-15-16-14-11;1-9-8-17(7-6-12-13-15-16-14-12)11-5-3-2-4-10(9)11;15-10(16)8-3-1-2-7(6-8)4-5-9-11-13-14-12-9/h3-6H,7-8H2,1-2H3,(H,14,15,16,17);1-3,5,7H,4,6H2,(H,18,19)(H,13,14,15,16);2-5,8H,6-7H2,1H3,(H,13,14,15,16);1-3,6H,4-5H2,(H,15,16)(H,11,12,13,14). The van der Waals surface area contributed by atoms with Crippen molar-refractivity contribution >= 4 is 44.6 Å². The molecule has 0 aliphatic rings. The molecule has 0 fully saturated rings. The van der Waals surface area contributed by atoms with Crippen LogP contribution in [0.15, 0.2) is 109 Å². The first-order chi connectivity index (χ1) is 34.1. The fourth-order valence-corrected chi connectivity index (χ4v) is 7.96. The van der Waals surface area contributed by atoms with Gasteiger partial charge in [0.05, 0.1) is 11.1 Å². The number of fused-ring (bicyclic) bond motifs is 3. The number of carboxylic acids is 2. The van der Waals surface area contributed by atoms with Crippen LogP contribution < -0.4 is 0 Å². The van der Waals surface area contributed by atoms with Gasteiger partial charge in [-0.1, -0.05) is 69.4 Å². The molecule has 23 heteroatoms. The van der Waals surface area contributed by atoms with E-state index in [2.05, 4.69) is 167 Å². The predicted octanol–water partition coefficient (Wildman–Crippen LogP) is 5.50. The summed E-state index contributed by atoms with van der Waals surface area (Å²) in [5.41, 5.74) is 9.02. The minimum atomic E-state index is -0.915. The molecule has 0 amide bonds. The number of benzene rings is 4. The number of tetrazole rings is 4. The number of aromatic amines is 4. The molecule has 0 aliphatic heterocycles. The molecule has 11 aromatic rings. The number of nitrogens with one attached hydrogen (secondary N) is 4. The van der Waals surface area contributed by atoms with Gasteiger partial charge < -0.3 is 23.9 Å². The van der Waals surface area contributed by atoms with Crippen molar-refractivity contribution in [2.24, 2.45) is 0 Å². The van der Waals surface area contributed by atoms with Crippen molar-refractivity contribution in [1.29, 1.82) is 0 Å². The molecule has 7 heterocycles. The molecule has 0 atom stereocenters. The Hall–Kier alpha value is -9.28. The van der Waals surface area contributed by atoms with Gasteiger partial charge in [0, 0.05) is 96.1 Å². The number of nitrogens with zero attached hydrogens (tertiary/aromatic N) is 15. The van der Waals surface area contributed by atoms with E-state index >= 15 is 0 Å². The second-order valence-electron chi connectivity index (χ2n) is 16.1. The fraction of sp³-hybridized carbons (Fsp3) is 0.234. The Balaban J connectivity index is 0.000000126. The summed E-state index contributed by atoms with van der Waals surface area (Å²) in [6.07, 6.45) is 7.67. The van der Waals surface area contributed by atoms with Crippen LogP contribution >= 0.6 is 0 Å². The summed E-state index contributed by atoms with van der Waals surface area (Å²) in [7, 11) is 0. The van der Waals surface area contributed by atoms with Crippen molar-refractivity contribution in [1.82, 2.24) is 96.2 Å². The SMILES string of the molecule is Cc1c(C)n(CCc2nn[nH]n2)c2ccccc12.Cc1cn(CCc2nn[nH]n2)c2ccccc12.O=C(O)c1ccc2c(ccn2CCc2nn[nH]n2)c1.O=C(O)c1cccc(CCc2nn[nH]n2)c1. The maximum Gasteiger partial charge on any atom is 0.335 e. The number of rotatable bonds is 14. The Morgan fingerprint density at radius 2 is 1.06 bits per heavy atom. The van der Waals surface area contributed by atoms with Crippen molar-refractivity contribution in [3.05, 3.63) is 166 Å². The number of aromatic nitrogens is 19. The topological polar surface area (TPSA) is 307 Å². The van der Waals surface area contributed by atoms with E-state index in [1.807, 2.05) is 29.0 Å². The quantitative estimate of drug-likeness (QED) is 0.0784. The maximum absolute atomic E-state index is 10.9. The monoisotopic (exact) mass is 943 g/mol. The highest BCUT2D eigenvalue weighted by Gasteiger charge is 2.12. The number of carboxylic acid groups (broad SMARTS) is 2. The number of aromatic carboxylic acids is 2. The van der Waals surface area contributed by atoms with Crippen LogP contribution in [-0.2, 0) is 51.7 Å². The molecule has 0 saturated carbocycles. The lowest BCUT2D eigenvalue weighted by Crippen LogP contribution is -2.04. The molecule has 7 aromatic heterocycles. The lowest BCUT2D eigenvalue weighted by Gasteiger charge is -2.06. The highest BCUT2D eigenvalue weighted by molar-refractivity contribution is 5.93. The molecule has 4 aromatic carbocycles. The molecule has 0 aliphatic carbocycles. The summed E-state index contributed by atoms with van der Waals surface area (Å²) in [5, 5.41) is 76.5. The van der Waals surface area contributed by atoms with E-state index in [4.69, 9.17) is 10.2 Å². The molecule has 0 unspecified atom stereocenters. The number of aryl methyl sites for hydroxylation is 10. The predicted molar refractivity (Wildman–Crippen MR) is 256 cm³/mol. The van der Waals surface area contributed by atoms with Crippen LogP contribution in [-0.4, -0.2) is 118 Å². The molecule has 6 N–H and O–H groups in total. The van der Waals surface area contributed by atoms with E-state index in [0.29, 0.717) is 42.0 Å². The summed E-state index contributed by atoms with van der Waals surface area (Å²) in [4.78, 5) is 21.6. The van der Waals surface area contributed by atoms with Crippen LogP contribution in [0.4, 0.5) is 0 Å². The van der Waals surface area contributed by atoms with Gasteiger partial charge in [0.1, 0.15) is 0 Å². The van der Waals surface area contributed by atoms with Gasteiger partial charge in [-0.3, -0.25) is 0 Å². The average molecular weight is 944 g/mol. The zero-order chi connectivity index (χ0) is 48.8. The Bertz CT molecular complexity index is 3390. The lowest BCUT2D eigenvalue weighted by atomic mass is 10.1. The number of carbonyl (C=O) groups is 2. The van der Waals surface area contributed by atoms with Crippen LogP contribution in [0.25, 0.3) is 32.7 Å². The Morgan fingerprint density at radius 3 is 1.66 bits per heavy atom. The molecule has 356 valence electrons. The molecule has 23 nitrogen and oxygen atoms in total. The fourth-order valence-electron chi connectivity index (χ4n) is 7.96. The van der Waals surface area contributed by atoms with E-state index in [1.54, 1.807) is 30.3 Å². The molecule has 0 radical (unpaired) electrons. The van der Waals surface area contributed by atoms with Gasteiger partial charge in [0.25, 0.3) is 0 Å². The van der Waals surface area contributed by atoms with Crippen LogP contribution in [0.5, 0.6) is 0 Å². The van der Waals surface area contributed by atoms with Crippen LogP contribution in [0.2, 0.25) is 0 Å². The van der Waals surface area contributed by atoms with Gasteiger partial charge in [0.2, 0.25) is 0 Å². The Morgan fingerprint density at radius 1 is 0.514 bits per heavy atom. The number of para-hydroxylation sites is 2. The second kappa shape index (κ2) is 22.5. The smallest absolute Gasteiger partial charge is 0.335 e. The van der Waals surface area contributed by atoms with Crippen LogP contribution in [0.3, 0.4) is 0 Å². The average Bonchev–Trinajstić information content (AvgIpc) is 4.26. The largest absolute Gasteiger partial charge is 0.478 e. The van der Waals surface area contributed by atoms with Gasteiger partial charge in [-0.25, -0.2) is 9.59 Å². The second-order valence-corrected chi connectivity index (χ2v) is 16.1. The van der Waals surface area contributed by atoms with E-state index in [-0.39, 0.29) is 0 Å². The Kier molecular flexibility index (Phi) is 15.2. The molecular formula is C47H49N19O4. The first kappa shape index (κ1) is 47.2. The van der Waals surface area contributed by atoms with Gasteiger partial charge in [-0.15, -0.1) is 40.8 Å². The third-order valence-electron chi connectivity index (χ3n) is 11.6. The highest BCUT2D eigenvalue weighted by Crippen LogP contribution is 2.25. The molecule has 70 heavy (non-hydrogen) atoms. The van der Waals surface area contributed by atoms with Crippen molar-refractivity contribution in [3.63, 3.8) is 0 Å². The zero-order valence-corrected chi connectivity index (χ0v) is 38.5. The normalized spacial score (nSPS) is 10.9. The van der Waals surface area contributed by atoms with Crippen molar-refractivity contribution in [2.75, 3.05) is 0 Å². The van der Waals surface area contributed by atoms with Crippen molar-refractivity contribution in [3.8, 4) is 0 Å². The first-order valence-electron chi connectivity index (χ1n) is 22.2. The van der Waals surface area contributed by atoms with Gasteiger partial charge in [-0.05, 0) is 92.4 Å². The van der Waals surface area contributed by atoms with E-state index in [9.17, 15) is 9.59 Å². The summed E-state index contributed by atoms with van der Waals surface area (Å²) in [6.45, 7) is 8.92. The van der Waals surface area contributed by atoms with E-state index < -0.39 is 11.9 Å². The lowest BCUT2D eigenvalue weighted by molar-refractivity contribution is 0.0686. The summed E-state index contributed by atoms with van der Waals surface area (Å²) >= 11 is 0. The summed E-state index contributed by atoms with van der Waals surface area (Å²) in [6, 6.07) is 30.7. The first-order valence-corrected chi connectivity index (χ1v) is 22.2. The minimum absolute atomic E-state index is 0.295. The number of H-pyrrole nitrogens is 4.